The first kappa shape index (κ1) is 17.7. The average molecular weight is 371 g/mol. The van der Waals surface area contributed by atoms with E-state index in [-0.39, 0.29) is 6.10 Å². The lowest BCUT2D eigenvalue weighted by Crippen LogP contribution is -2.38. The van der Waals surface area contributed by atoms with Gasteiger partial charge in [-0.1, -0.05) is 11.6 Å². The van der Waals surface area contributed by atoms with Gasteiger partial charge < -0.3 is 15.4 Å². The lowest BCUT2D eigenvalue weighted by molar-refractivity contribution is -0.137. The van der Waals surface area contributed by atoms with Crippen molar-refractivity contribution in [3.63, 3.8) is 0 Å². The second-order valence-electron chi connectivity index (χ2n) is 6.04. The molecule has 3 nitrogen and oxygen atoms in total. The van der Waals surface area contributed by atoms with Crippen LogP contribution in [0, 0.1) is 0 Å². The molecule has 0 saturated carbocycles. The molecule has 1 heterocycles. The highest BCUT2D eigenvalue weighted by molar-refractivity contribution is 6.32. The van der Waals surface area contributed by atoms with Gasteiger partial charge in [-0.15, -0.1) is 0 Å². The molecule has 3 rings (SSSR count). The number of anilines is 2. The number of benzene rings is 2. The van der Waals surface area contributed by atoms with E-state index in [1.165, 1.54) is 12.1 Å². The molecule has 1 fully saturated rings. The van der Waals surface area contributed by atoms with Gasteiger partial charge in [-0.25, -0.2) is 0 Å². The molecule has 134 valence electrons. The second kappa shape index (κ2) is 7.04. The largest absolute Gasteiger partial charge is 0.489 e. The summed E-state index contributed by atoms with van der Waals surface area (Å²) in [4.78, 5) is 2.06. The van der Waals surface area contributed by atoms with Gasteiger partial charge in [0.15, 0.2) is 0 Å². The van der Waals surface area contributed by atoms with E-state index >= 15 is 0 Å². The third-order valence-electron chi connectivity index (χ3n) is 4.25. The summed E-state index contributed by atoms with van der Waals surface area (Å²) in [6.45, 7) is 1.42. The van der Waals surface area contributed by atoms with Crippen molar-refractivity contribution in [2.75, 3.05) is 23.7 Å². The molecule has 0 spiro atoms. The molecule has 0 unspecified atom stereocenters. The normalized spacial score (nSPS) is 16.1. The fourth-order valence-corrected chi connectivity index (χ4v) is 3.12. The number of alkyl halides is 3. The zero-order valence-corrected chi connectivity index (χ0v) is 14.1. The SMILES string of the molecule is Nc1ccc(OC2CCN(c3ccc(C(F)(F)F)cc3)CC2)c(Cl)c1. The molecule has 7 heteroatoms. The standard InChI is InChI=1S/C18H18ClF3N2O/c19-16-11-13(23)3-6-17(16)25-15-7-9-24(10-8-15)14-4-1-12(2-5-14)18(20,21)22/h1-6,11,15H,7-10,23H2. The smallest absolute Gasteiger partial charge is 0.416 e. The van der Waals surface area contributed by atoms with E-state index < -0.39 is 11.7 Å². The lowest BCUT2D eigenvalue weighted by Gasteiger charge is -2.34. The van der Waals surface area contributed by atoms with E-state index in [1.54, 1.807) is 18.2 Å². The summed E-state index contributed by atoms with van der Waals surface area (Å²) in [5.41, 5.74) is 6.40. The van der Waals surface area contributed by atoms with Crippen molar-refractivity contribution in [1.82, 2.24) is 0 Å². The highest BCUT2D eigenvalue weighted by Crippen LogP contribution is 2.32. The molecule has 0 bridgehead atoms. The van der Waals surface area contributed by atoms with Gasteiger partial charge in [0.2, 0.25) is 0 Å². The molecule has 0 atom stereocenters. The predicted octanol–water partition coefficient (Wildman–Crippen LogP) is 4.99. The number of ether oxygens (including phenoxy) is 1. The Balaban J connectivity index is 1.58. The van der Waals surface area contributed by atoms with Gasteiger partial charge in [0, 0.05) is 37.3 Å². The minimum Gasteiger partial charge on any atom is -0.489 e. The average Bonchev–Trinajstić information content (AvgIpc) is 2.57. The molecular weight excluding hydrogens is 353 g/mol. The third kappa shape index (κ3) is 4.31. The lowest BCUT2D eigenvalue weighted by atomic mass is 10.1. The number of hydrogen-bond donors (Lipinski definition) is 1. The summed E-state index contributed by atoms with van der Waals surface area (Å²) >= 11 is 6.12. The first-order valence-electron chi connectivity index (χ1n) is 7.97. The van der Waals surface area contributed by atoms with Crippen LogP contribution in [-0.2, 0) is 6.18 Å². The number of rotatable bonds is 3. The molecule has 0 amide bonds. The summed E-state index contributed by atoms with van der Waals surface area (Å²) in [5.74, 6) is 0.601. The van der Waals surface area contributed by atoms with E-state index in [1.807, 2.05) is 0 Å². The zero-order chi connectivity index (χ0) is 18.0. The van der Waals surface area contributed by atoms with E-state index in [0.717, 1.165) is 30.7 Å². The number of nitrogens with zero attached hydrogens (tertiary/aromatic N) is 1. The second-order valence-corrected chi connectivity index (χ2v) is 6.45. The van der Waals surface area contributed by atoms with Crippen molar-refractivity contribution < 1.29 is 17.9 Å². The van der Waals surface area contributed by atoms with Gasteiger partial charge in [0.25, 0.3) is 0 Å². The molecular formula is C18H18ClF3N2O. The number of piperidine rings is 1. The minimum absolute atomic E-state index is 0.0202. The number of nitrogen functional groups attached to an aromatic ring is 1. The van der Waals surface area contributed by atoms with Crippen molar-refractivity contribution in [3.05, 3.63) is 53.1 Å². The Morgan fingerprint density at radius 3 is 2.24 bits per heavy atom. The first-order chi connectivity index (χ1) is 11.8. The van der Waals surface area contributed by atoms with Crippen molar-refractivity contribution in [1.29, 1.82) is 0 Å². The monoisotopic (exact) mass is 370 g/mol. The predicted molar refractivity (Wildman–Crippen MR) is 93.2 cm³/mol. The molecule has 25 heavy (non-hydrogen) atoms. The number of nitrogens with two attached hydrogens (primary N) is 1. The molecule has 1 saturated heterocycles. The first-order valence-corrected chi connectivity index (χ1v) is 8.34. The van der Waals surface area contributed by atoms with Gasteiger partial charge in [-0.2, -0.15) is 13.2 Å². The van der Waals surface area contributed by atoms with Crippen molar-refractivity contribution in [3.8, 4) is 5.75 Å². The van der Waals surface area contributed by atoms with Crippen LogP contribution in [0.3, 0.4) is 0 Å². The summed E-state index contributed by atoms with van der Waals surface area (Å²) < 4.78 is 43.8. The van der Waals surface area contributed by atoms with Crippen molar-refractivity contribution in [2.24, 2.45) is 0 Å². The van der Waals surface area contributed by atoms with Crippen LogP contribution in [0.15, 0.2) is 42.5 Å². The molecule has 1 aliphatic rings. The summed E-state index contributed by atoms with van der Waals surface area (Å²) in [6.07, 6.45) is -2.76. The molecule has 2 aromatic rings. The number of halogens is 4. The van der Waals surface area contributed by atoms with Crippen LogP contribution in [0.5, 0.6) is 5.75 Å². The molecule has 2 N–H and O–H groups in total. The van der Waals surface area contributed by atoms with Crippen LogP contribution in [0.1, 0.15) is 18.4 Å². The maximum absolute atomic E-state index is 12.6. The Morgan fingerprint density at radius 2 is 1.68 bits per heavy atom. The van der Waals surface area contributed by atoms with Gasteiger partial charge in [0.1, 0.15) is 11.9 Å². The van der Waals surface area contributed by atoms with E-state index in [0.29, 0.717) is 29.5 Å². The van der Waals surface area contributed by atoms with Crippen LogP contribution in [0.2, 0.25) is 5.02 Å². The van der Waals surface area contributed by atoms with Gasteiger partial charge >= 0.3 is 6.18 Å². The van der Waals surface area contributed by atoms with Crippen LogP contribution < -0.4 is 15.4 Å². The van der Waals surface area contributed by atoms with Gasteiger partial charge in [-0.3, -0.25) is 0 Å². The van der Waals surface area contributed by atoms with Crippen LogP contribution >= 0.6 is 11.6 Å². The maximum atomic E-state index is 12.6. The molecule has 0 radical (unpaired) electrons. The van der Waals surface area contributed by atoms with Gasteiger partial charge in [0.05, 0.1) is 10.6 Å². The zero-order valence-electron chi connectivity index (χ0n) is 13.4. The van der Waals surface area contributed by atoms with Crippen molar-refractivity contribution in [2.45, 2.75) is 25.1 Å². The molecule has 0 aromatic heterocycles. The summed E-state index contributed by atoms with van der Waals surface area (Å²) in [5, 5.41) is 0.477. The van der Waals surface area contributed by atoms with E-state index in [9.17, 15) is 13.2 Å². The Bertz CT molecular complexity index is 726. The topological polar surface area (TPSA) is 38.5 Å². The third-order valence-corrected chi connectivity index (χ3v) is 4.55. The Kier molecular flexibility index (Phi) is 4.99. The molecule has 2 aromatic carbocycles. The Morgan fingerprint density at radius 1 is 1.04 bits per heavy atom. The summed E-state index contributed by atoms with van der Waals surface area (Å²) in [7, 11) is 0. The number of hydrogen-bond acceptors (Lipinski definition) is 3. The van der Waals surface area contributed by atoms with E-state index in [4.69, 9.17) is 22.1 Å². The van der Waals surface area contributed by atoms with Crippen LogP contribution in [0.25, 0.3) is 0 Å². The van der Waals surface area contributed by atoms with Crippen molar-refractivity contribution >= 4 is 23.0 Å². The van der Waals surface area contributed by atoms with Crippen LogP contribution in [-0.4, -0.2) is 19.2 Å². The maximum Gasteiger partial charge on any atom is 0.416 e. The Labute approximate surface area is 149 Å². The quantitative estimate of drug-likeness (QED) is 0.774. The molecule has 1 aliphatic heterocycles. The fourth-order valence-electron chi connectivity index (χ4n) is 2.89. The van der Waals surface area contributed by atoms with Crippen LogP contribution in [0.4, 0.5) is 24.5 Å². The summed E-state index contributed by atoms with van der Waals surface area (Å²) in [6, 6.07) is 10.4. The van der Waals surface area contributed by atoms with E-state index in [2.05, 4.69) is 4.90 Å². The molecule has 0 aliphatic carbocycles. The fraction of sp³-hybridized carbons (Fsp3) is 0.333. The Hall–Kier alpha value is -2.08. The van der Waals surface area contributed by atoms with Gasteiger partial charge in [-0.05, 0) is 42.5 Å². The highest BCUT2D eigenvalue weighted by Gasteiger charge is 2.30. The highest BCUT2D eigenvalue weighted by atomic mass is 35.5. The minimum atomic E-state index is -4.31.